The van der Waals surface area contributed by atoms with Gasteiger partial charge >= 0.3 is 0 Å². The molecule has 1 aliphatic rings. The topological polar surface area (TPSA) is 89.3 Å². The largest absolute Gasteiger partial charge is 0.382 e. The minimum atomic E-state index is -0.138. The lowest BCUT2D eigenvalue weighted by Gasteiger charge is -2.28. The predicted octanol–water partition coefficient (Wildman–Crippen LogP) is 2.09. The Balaban J connectivity index is 1.97. The number of nitrogens with two attached hydrogens (primary N) is 1. The van der Waals surface area contributed by atoms with E-state index in [-0.39, 0.29) is 18.0 Å². The van der Waals surface area contributed by atoms with Crippen molar-refractivity contribution in [2.24, 2.45) is 5.92 Å². The van der Waals surface area contributed by atoms with Crippen LogP contribution in [0, 0.1) is 5.92 Å². The average Bonchev–Trinajstić information content (AvgIpc) is 2.79. The Bertz CT molecular complexity index is 483. The number of hydrogen-bond acceptors (Lipinski definition) is 6. The molecule has 1 saturated heterocycles. The summed E-state index contributed by atoms with van der Waals surface area (Å²) in [5.74, 6) is 0.616. The molecule has 1 aliphatic heterocycles. The number of nitrogens with zero attached hydrogens (tertiary/aromatic N) is 1. The molecule has 0 bridgehead atoms. The van der Waals surface area contributed by atoms with Crippen LogP contribution in [0.2, 0.25) is 0 Å². The number of aromatic nitrogens is 1. The summed E-state index contributed by atoms with van der Waals surface area (Å²) in [6, 6.07) is 0.372. The van der Waals surface area contributed by atoms with E-state index >= 15 is 0 Å². The highest BCUT2D eigenvalue weighted by atomic mass is 32.1. The van der Waals surface area contributed by atoms with Crippen LogP contribution in [0.1, 0.15) is 43.3 Å². The fraction of sp³-hybridized carbons (Fsp3) is 0.714. The lowest BCUT2D eigenvalue weighted by Crippen LogP contribution is -2.40. The second-order valence-electron chi connectivity index (χ2n) is 5.74. The Labute approximate surface area is 129 Å². The maximum Gasteiger partial charge on any atom is 0.265 e. The van der Waals surface area contributed by atoms with E-state index < -0.39 is 0 Å². The number of nitrogens with one attached hydrogen (secondary N) is 2. The van der Waals surface area contributed by atoms with Crippen LogP contribution in [-0.4, -0.2) is 36.2 Å². The van der Waals surface area contributed by atoms with E-state index in [0.717, 1.165) is 26.1 Å². The highest BCUT2D eigenvalue weighted by Crippen LogP contribution is 2.26. The second kappa shape index (κ2) is 7.09. The van der Waals surface area contributed by atoms with Crippen molar-refractivity contribution in [3.05, 3.63) is 4.88 Å². The second-order valence-corrected chi connectivity index (χ2v) is 6.74. The van der Waals surface area contributed by atoms with Crippen molar-refractivity contribution in [2.45, 2.75) is 45.7 Å². The molecule has 1 unspecified atom stereocenters. The van der Waals surface area contributed by atoms with E-state index in [1.165, 1.54) is 11.3 Å². The van der Waals surface area contributed by atoms with Gasteiger partial charge in [0.1, 0.15) is 10.7 Å². The van der Waals surface area contributed by atoms with Gasteiger partial charge in [0.2, 0.25) is 0 Å². The smallest absolute Gasteiger partial charge is 0.265 e. The zero-order chi connectivity index (χ0) is 15.4. The highest BCUT2D eigenvalue weighted by molar-refractivity contribution is 7.18. The molecule has 0 aliphatic carbocycles. The number of ether oxygens (including phenoxy) is 1. The number of anilines is 2. The van der Waals surface area contributed by atoms with Gasteiger partial charge in [0, 0.05) is 25.3 Å². The summed E-state index contributed by atoms with van der Waals surface area (Å²) in [6.07, 6.45) is 1.97. The highest BCUT2D eigenvalue weighted by Gasteiger charge is 2.24. The molecule has 1 aromatic heterocycles. The van der Waals surface area contributed by atoms with Gasteiger partial charge in [0.15, 0.2) is 5.13 Å². The van der Waals surface area contributed by atoms with Crippen LogP contribution in [0.3, 0.4) is 0 Å². The SMILES string of the molecule is CC(C)Nc1nc(N)c(C(=O)NC(C)C2CCOCC2)s1. The molecule has 118 valence electrons. The van der Waals surface area contributed by atoms with Gasteiger partial charge in [0.25, 0.3) is 5.91 Å². The van der Waals surface area contributed by atoms with E-state index in [0.29, 0.717) is 21.7 Å². The zero-order valence-electron chi connectivity index (χ0n) is 12.8. The minimum Gasteiger partial charge on any atom is -0.382 e. The van der Waals surface area contributed by atoms with Crippen LogP contribution >= 0.6 is 11.3 Å². The Morgan fingerprint density at radius 2 is 2.05 bits per heavy atom. The Hall–Kier alpha value is -1.34. The molecule has 2 heterocycles. The molecule has 1 amide bonds. The lowest BCUT2D eigenvalue weighted by molar-refractivity contribution is 0.0539. The summed E-state index contributed by atoms with van der Waals surface area (Å²) in [4.78, 5) is 17.0. The molecule has 7 heteroatoms. The van der Waals surface area contributed by atoms with E-state index in [4.69, 9.17) is 10.5 Å². The third kappa shape index (κ3) is 4.31. The molecule has 6 nitrogen and oxygen atoms in total. The van der Waals surface area contributed by atoms with Gasteiger partial charge in [-0.2, -0.15) is 0 Å². The standard InChI is InChI=1S/C14H24N4O2S/c1-8(2)16-14-18-12(15)11(21-14)13(19)17-9(3)10-4-6-20-7-5-10/h8-10H,4-7,15H2,1-3H3,(H,16,18)(H,17,19). The quantitative estimate of drug-likeness (QED) is 0.774. The first-order valence-electron chi connectivity index (χ1n) is 7.38. The van der Waals surface area contributed by atoms with Gasteiger partial charge in [0.05, 0.1) is 0 Å². The number of amides is 1. The molecule has 0 radical (unpaired) electrons. The van der Waals surface area contributed by atoms with Crippen LogP contribution < -0.4 is 16.4 Å². The van der Waals surface area contributed by atoms with Crippen molar-refractivity contribution in [3.63, 3.8) is 0 Å². The van der Waals surface area contributed by atoms with Gasteiger partial charge in [-0.1, -0.05) is 11.3 Å². The van der Waals surface area contributed by atoms with Gasteiger partial charge < -0.3 is 21.1 Å². The van der Waals surface area contributed by atoms with Gasteiger partial charge in [-0.3, -0.25) is 4.79 Å². The summed E-state index contributed by atoms with van der Waals surface area (Å²) in [5.41, 5.74) is 5.85. The molecule has 21 heavy (non-hydrogen) atoms. The molecule has 0 spiro atoms. The molecular weight excluding hydrogens is 288 g/mol. The summed E-state index contributed by atoms with van der Waals surface area (Å²) < 4.78 is 5.35. The van der Waals surface area contributed by atoms with Gasteiger partial charge in [-0.15, -0.1) is 0 Å². The molecule has 4 N–H and O–H groups in total. The molecule has 2 rings (SSSR count). The average molecular weight is 312 g/mol. The zero-order valence-corrected chi connectivity index (χ0v) is 13.6. The van der Waals surface area contributed by atoms with Crippen molar-refractivity contribution < 1.29 is 9.53 Å². The minimum absolute atomic E-state index is 0.115. The number of rotatable bonds is 5. The monoisotopic (exact) mass is 312 g/mol. The summed E-state index contributed by atoms with van der Waals surface area (Å²) in [5, 5.41) is 6.90. The number of thiazole rings is 1. The van der Waals surface area contributed by atoms with Gasteiger partial charge in [-0.05, 0) is 39.5 Å². The molecule has 0 aromatic carbocycles. The summed E-state index contributed by atoms with van der Waals surface area (Å²) >= 11 is 1.30. The third-order valence-electron chi connectivity index (χ3n) is 3.60. The lowest BCUT2D eigenvalue weighted by atomic mass is 9.93. The van der Waals surface area contributed by atoms with Crippen molar-refractivity contribution in [1.82, 2.24) is 10.3 Å². The fourth-order valence-corrected chi connectivity index (χ4v) is 3.34. The van der Waals surface area contributed by atoms with E-state index in [1.807, 2.05) is 20.8 Å². The van der Waals surface area contributed by atoms with E-state index in [2.05, 4.69) is 15.6 Å². The normalized spacial score (nSPS) is 17.7. The third-order valence-corrected chi connectivity index (χ3v) is 4.60. The van der Waals surface area contributed by atoms with Crippen molar-refractivity contribution in [3.8, 4) is 0 Å². The van der Waals surface area contributed by atoms with Crippen LogP contribution in [0.5, 0.6) is 0 Å². The first kappa shape index (κ1) is 16.0. The Morgan fingerprint density at radius 1 is 1.38 bits per heavy atom. The van der Waals surface area contributed by atoms with E-state index in [9.17, 15) is 4.79 Å². The molecule has 1 atom stereocenters. The molecular formula is C14H24N4O2S. The maximum absolute atomic E-state index is 12.3. The predicted molar refractivity (Wildman–Crippen MR) is 85.8 cm³/mol. The maximum atomic E-state index is 12.3. The van der Waals surface area contributed by atoms with Crippen molar-refractivity contribution in [2.75, 3.05) is 24.3 Å². The molecule has 0 saturated carbocycles. The fourth-order valence-electron chi connectivity index (χ4n) is 2.41. The van der Waals surface area contributed by atoms with Crippen LogP contribution in [0.15, 0.2) is 0 Å². The summed E-state index contributed by atoms with van der Waals surface area (Å²) in [6.45, 7) is 7.62. The number of carbonyl (C=O) groups excluding carboxylic acids is 1. The summed E-state index contributed by atoms with van der Waals surface area (Å²) in [7, 11) is 0. The Kier molecular flexibility index (Phi) is 5.41. The molecule has 1 fully saturated rings. The van der Waals surface area contributed by atoms with Crippen LogP contribution in [0.25, 0.3) is 0 Å². The molecule has 1 aromatic rings. The number of nitrogen functional groups attached to an aromatic ring is 1. The van der Waals surface area contributed by atoms with Crippen LogP contribution in [-0.2, 0) is 4.74 Å². The number of carbonyl (C=O) groups is 1. The van der Waals surface area contributed by atoms with Crippen molar-refractivity contribution >= 4 is 28.2 Å². The van der Waals surface area contributed by atoms with E-state index in [1.54, 1.807) is 0 Å². The Morgan fingerprint density at radius 3 is 2.67 bits per heavy atom. The van der Waals surface area contributed by atoms with Crippen molar-refractivity contribution in [1.29, 1.82) is 0 Å². The van der Waals surface area contributed by atoms with Crippen LogP contribution in [0.4, 0.5) is 10.9 Å². The van der Waals surface area contributed by atoms with Gasteiger partial charge in [-0.25, -0.2) is 4.98 Å². The first-order valence-corrected chi connectivity index (χ1v) is 8.20. The number of hydrogen-bond donors (Lipinski definition) is 3. The first-order chi connectivity index (χ1) is 9.97.